The summed E-state index contributed by atoms with van der Waals surface area (Å²) >= 11 is 0. The third-order valence-corrected chi connectivity index (χ3v) is 5.28. The predicted octanol–water partition coefficient (Wildman–Crippen LogP) is 5.98. The van der Waals surface area contributed by atoms with Crippen molar-refractivity contribution >= 4 is 29.1 Å². The summed E-state index contributed by atoms with van der Waals surface area (Å²) in [6.45, 7) is 4.33. The molecule has 5 nitrogen and oxygen atoms in total. The van der Waals surface area contributed by atoms with Crippen LogP contribution in [0.25, 0.3) is 6.08 Å². The van der Waals surface area contributed by atoms with Crippen molar-refractivity contribution in [3.8, 4) is 5.75 Å². The first-order chi connectivity index (χ1) is 16.8. The van der Waals surface area contributed by atoms with Crippen LogP contribution in [-0.2, 0) is 4.79 Å². The molecule has 2 aromatic carbocycles. The van der Waals surface area contributed by atoms with Gasteiger partial charge in [0.1, 0.15) is 11.4 Å². The molecule has 0 saturated heterocycles. The van der Waals surface area contributed by atoms with Crippen LogP contribution >= 0.6 is 0 Å². The molecular weight excluding hydrogens is 502 g/mol. The highest BCUT2D eigenvalue weighted by Gasteiger charge is 2.37. The van der Waals surface area contributed by atoms with Crippen LogP contribution < -0.4 is 14.6 Å². The molecule has 0 radical (unpaired) electrons. The fraction of sp³-hybridized carbons (Fsp3) is 0.304. The van der Waals surface area contributed by atoms with Gasteiger partial charge in [-0.05, 0) is 39.0 Å². The van der Waals surface area contributed by atoms with Gasteiger partial charge in [0.15, 0.2) is 29.9 Å². The molecule has 0 N–H and O–H groups in total. The van der Waals surface area contributed by atoms with E-state index in [1.165, 1.54) is 19.1 Å². The highest BCUT2D eigenvalue weighted by atomic mass is 19.4. The number of carbonyl (C=O) groups excluding carboxylic acids is 1. The number of amides is 1. The molecule has 1 amide bonds. The van der Waals surface area contributed by atoms with Crippen molar-refractivity contribution in [2.24, 2.45) is 5.10 Å². The smallest absolute Gasteiger partial charge is 0.422 e. The van der Waals surface area contributed by atoms with E-state index in [2.05, 4.69) is 5.10 Å². The molecule has 0 aliphatic carbocycles. The zero-order chi connectivity index (χ0) is 26.9. The quantitative estimate of drug-likeness (QED) is 0.195. The molecule has 1 aliphatic heterocycles. The SMILES string of the molecule is CCN(CC)c1ccc(/C=C2/C(=O)N(c3c(F)c(F)c(F)c(F)c3F)N=C2C)c(OCC(F)(F)F)c1. The Hall–Kier alpha value is -3.64. The van der Waals surface area contributed by atoms with Crippen LogP contribution in [0, 0.1) is 29.1 Å². The van der Waals surface area contributed by atoms with Crippen molar-refractivity contribution in [2.45, 2.75) is 26.9 Å². The van der Waals surface area contributed by atoms with E-state index in [4.69, 9.17) is 4.74 Å². The molecule has 194 valence electrons. The Morgan fingerprint density at radius 2 is 1.53 bits per heavy atom. The molecule has 0 bridgehead atoms. The number of hydrazone groups is 1. The lowest BCUT2D eigenvalue weighted by Gasteiger charge is -2.22. The molecule has 0 saturated carbocycles. The van der Waals surface area contributed by atoms with Gasteiger partial charge in [0, 0.05) is 30.4 Å². The fourth-order valence-electron chi connectivity index (χ4n) is 3.48. The second-order valence-corrected chi connectivity index (χ2v) is 7.58. The van der Waals surface area contributed by atoms with Gasteiger partial charge in [-0.25, -0.2) is 22.0 Å². The van der Waals surface area contributed by atoms with E-state index >= 15 is 0 Å². The Labute approximate surface area is 200 Å². The topological polar surface area (TPSA) is 45.1 Å². The molecule has 13 heteroatoms. The molecule has 1 heterocycles. The van der Waals surface area contributed by atoms with Crippen molar-refractivity contribution in [3.05, 3.63) is 58.4 Å². The zero-order valence-corrected chi connectivity index (χ0v) is 19.1. The van der Waals surface area contributed by atoms with E-state index in [1.807, 2.05) is 18.7 Å². The Kier molecular flexibility index (Phi) is 7.60. The summed E-state index contributed by atoms with van der Waals surface area (Å²) in [7, 11) is 0. The van der Waals surface area contributed by atoms with Crippen LogP contribution in [0.5, 0.6) is 5.75 Å². The number of halogens is 8. The van der Waals surface area contributed by atoms with E-state index in [0.29, 0.717) is 18.8 Å². The maximum absolute atomic E-state index is 14.2. The number of alkyl halides is 3. The maximum Gasteiger partial charge on any atom is 0.422 e. The van der Waals surface area contributed by atoms with Gasteiger partial charge in [0.05, 0.1) is 11.3 Å². The van der Waals surface area contributed by atoms with Gasteiger partial charge in [-0.3, -0.25) is 4.79 Å². The third-order valence-electron chi connectivity index (χ3n) is 5.28. The lowest BCUT2D eigenvalue weighted by Crippen LogP contribution is -2.25. The van der Waals surface area contributed by atoms with Gasteiger partial charge < -0.3 is 9.64 Å². The highest BCUT2D eigenvalue weighted by Crippen LogP contribution is 2.35. The summed E-state index contributed by atoms with van der Waals surface area (Å²) in [4.78, 5) is 14.7. The number of nitrogens with zero attached hydrogens (tertiary/aromatic N) is 3. The van der Waals surface area contributed by atoms with Gasteiger partial charge in [0.25, 0.3) is 5.91 Å². The molecule has 1 aliphatic rings. The molecule has 0 spiro atoms. The summed E-state index contributed by atoms with van der Waals surface area (Å²) < 4.78 is 113. The monoisotopic (exact) mass is 521 g/mol. The Balaban J connectivity index is 2.07. The van der Waals surface area contributed by atoms with Crippen molar-refractivity contribution in [1.82, 2.24) is 0 Å². The predicted molar refractivity (Wildman–Crippen MR) is 116 cm³/mol. The molecule has 0 unspecified atom stereocenters. The Bertz CT molecular complexity index is 1220. The summed E-state index contributed by atoms with van der Waals surface area (Å²) in [5.41, 5.74) is -1.59. The van der Waals surface area contributed by atoms with Gasteiger partial charge in [-0.1, -0.05) is 0 Å². The van der Waals surface area contributed by atoms with Crippen LogP contribution in [0.4, 0.5) is 46.5 Å². The first kappa shape index (κ1) is 27.0. The molecule has 0 fully saturated rings. The minimum Gasteiger partial charge on any atom is -0.483 e. The molecule has 0 aromatic heterocycles. The number of anilines is 2. The molecular formula is C23H19F8N3O2. The average Bonchev–Trinajstić information content (AvgIpc) is 3.09. The molecule has 3 rings (SSSR count). The van der Waals surface area contributed by atoms with Gasteiger partial charge >= 0.3 is 6.18 Å². The minimum absolute atomic E-state index is 0.00711. The summed E-state index contributed by atoms with van der Waals surface area (Å²) in [6.07, 6.45) is -3.61. The lowest BCUT2D eigenvalue weighted by molar-refractivity contribution is -0.153. The second kappa shape index (κ2) is 10.2. The van der Waals surface area contributed by atoms with Crippen molar-refractivity contribution in [3.63, 3.8) is 0 Å². The normalized spacial score (nSPS) is 15.1. The van der Waals surface area contributed by atoms with Gasteiger partial charge in [0.2, 0.25) is 5.82 Å². The second-order valence-electron chi connectivity index (χ2n) is 7.58. The molecule has 0 atom stereocenters. The largest absolute Gasteiger partial charge is 0.483 e. The number of carbonyl (C=O) groups is 1. The van der Waals surface area contributed by atoms with Crippen LogP contribution in [0.3, 0.4) is 0 Å². The highest BCUT2D eigenvalue weighted by molar-refractivity contribution is 6.32. The summed E-state index contributed by atoms with van der Waals surface area (Å²) in [5, 5.41) is 3.62. The molecule has 2 aromatic rings. The first-order valence-corrected chi connectivity index (χ1v) is 10.5. The van der Waals surface area contributed by atoms with Crippen LogP contribution in [0.2, 0.25) is 0 Å². The number of hydrogen-bond acceptors (Lipinski definition) is 4. The number of ether oxygens (including phenoxy) is 1. The van der Waals surface area contributed by atoms with Crippen molar-refractivity contribution in [2.75, 3.05) is 29.6 Å². The standard InChI is InChI=1S/C23H19F8N3O2/c1-4-33(5-2)13-7-6-12(15(9-13)36-10-23(29,30)31)8-14-11(3)32-34(22(14)35)21-19(27)17(25)16(24)18(26)20(21)28/h6-9H,4-5,10H2,1-3H3/b14-8+. The average molecular weight is 521 g/mol. The van der Waals surface area contributed by atoms with E-state index in [1.54, 1.807) is 6.07 Å². The molecule has 36 heavy (non-hydrogen) atoms. The van der Waals surface area contributed by atoms with Gasteiger partial charge in [-0.15, -0.1) is 0 Å². The number of rotatable bonds is 7. The van der Waals surface area contributed by atoms with E-state index in [-0.39, 0.29) is 27.6 Å². The van der Waals surface area contributed by atoms with E-state index in [0.717, 1.165) is 6.08 Å². The van der Waals surface area contributed by atoms with Crippen LogP contribution in [0.1, 0.15) is 26.3 Å². The lowest BCUT2D eigenvalue weighted by atomic mass is 10.1. The van der Waals surface area contributed by atoms with E-state index in [9.17, 15) is 39.9 Å². The minimum atomic E-state index is -4.67. The summed E-state index contributed by atoms with van der Waals surface area (Å²) in [5.74, 6) is -13.0. The van der Waals surface area contributed by atoms with E-state index < -0.39 is 53.5 Å². The number of hydrogen-bond donors (Lipinski definition) is 0. The number of benzene rings is 2. The summed E-state index contributed by atoms with van der Waals surface area (Å²) in [6, 6.07) is 4.26. The third kappa shape index (κ3) is 5.14. The van der Waals surface area contributed by atoms with Crippen LogP contribution in [0.15, 0.2) is 28.9 Å². The first-order valence-electron chi connectivity index (χ1n) is 10.5. The fourth-order valence-corrected chi connectivity index (χ4v) is 3.48. The Morgan fingerprint density at radius 3 is 2.06 bits per heavy atom. The Morgan fingerprint density at radius 1 is 0.972 bits per heavy atom. The maximum atomic E-state index is 14.2. The van der Waals surface area contributed by atoms with Crippen molar-refractivity contribution in [1.29, 1.82) is 0 Å². The van der Waals surface area contributed by atoms with Gasteiger partial charge in [-0.2, -0.15) is 23.3 Å². The van der Waals surface area contributed by atoms with Crippen LogP contribution in [-0.4, -0.2) is 37.5 Å². The zero-order valence-electron chi connectivity index (χ0n) is 19.1. The van der Waals surface area contributed by atoms with Crippen molar-refractivity contribution < 1.29 is 44.7 Å².